The standard InChI is InChI=1S/C24H16BrFN2O2S2/c25-17-5-8-21-20(11-17)16(13-27(21)12-15-3-6-18(26)7-4-15)10-22-23(29)28(24(31)32-22)14-19-2-1-9-30-19/h1-11,13H,12,14H2/b22-10-. The van der Waals surface area contributed by atoms with Gasteiger partial charge >= 0.3 is 0 Å². The van der Waals surface area contributed by atoms with Gasteiger partial charge in [0.15, 0.2) is 0 Å². The highest BCUT2D eigenvalue weighted by Crippen LogP contribution is 2.36. The summed E-state index contributed by atoms with van der Waals surface area (Å²) in [4.78, 5) is 15.2. The van der Waals surface area contributed by atoms with Crippen LogP contribution in [-0.4, -0.2) is 19.7 Å². The maximum absolute atomic E-state index is 13.3. The molecule has 0 saturated carbocycles. The Morgan fingerprint density at radius 1 is 1.12 bits per heavy atom. The second kappa shape index (κ2) is 8.69. The van der Waals surface area contributed by atoms with Crippen molar-refractivity contribution in [1.82, 2.24) is 9.47 Å². The largest absolute Gasteiger partial charge is 0.467 e. The summed E-state index contributed by atoms with van der Waals surface area (Å²) in [7, 11) is 0. The summed E-state index contributed by atoms with van der Waals surface area (Å²) in [6.07, 6.45) is 5.48. The summed E-state index contributed by atoms with van der Waals surface area (Å²) in [6, 6.07) is 16.1. The monoisotopic (exact) mass is 526 g/mol. The minimum Gasteiger partial charge on any atom is -0.467 e. The molecule has 4 aromatic rings. The maximum Gasteiger partial charge on any atom is 0.266 e. The Hall–Kier alpha value is -2.68. The van der Waals surface area contributed by atoms with E-state index in [-0.39, 0.29) is 11.7 Å². The van der Waals surface area contributed by atoms with Crippen LogP contribution in [0.15, 0.2) is 80.9 Å². The highest BCUT2D eigenvalue weighted by atomic mass is 79.9. The van der Waals surface area contributed by atoms with E-state index in [9.17, 15) is 9.18 Å². The molecule has 0 unspecified atom stereocenters. The van der Waals surface area contributed by atoms with Crippen LogP contribution >= 0.6 is 39.9 Å². The van der Waals surface area contributed by atoms with E-state index < -0.39 is 0 Å². The van der Waals surface area contributed by atoms with Gasteiger partial charge in [-0.3, -0.25) is 9.69 Å². The first-order valence-electron chi connectivity index (χ1n) is 9.78. The van der Waals surface area contributed by atoms with Gasteiger partial charge in [-0.1, -0.05) is 52.0 Å². The molecule has 0 aliphatic carbocycles. The molecule has 0 bridgehead atoms. The number of benzene rings is 2. The molecule has 2 aromatic carbocycles. The zero-order valence-electron chi connectivity index (χ0n) is 16.6. The van der Waals surface area contributed by atoms with Crippen molar-refractivity contribution >= 4 is 67.1 Å². The van der Waals surface area contributed by atoms with Gasteiger partial charge in [0.05, 0.1) is 17.7 Å². The first-order valence-corrected chi connectivity index (χ1v) is 11.8. The number of carbonyl (C=O) groups excluding carboxylic acids is 1. The Balaban J connectivity index is 1.50. The van der Waals surface area contributed by atoms with Crippen molar-refractivity contribution < 1.29 is 13.6 Å². The molecule has 0 spiro atoms. The molecule has 2 aromatic heterocycles. The number of hydrogen-bond acceptors (Lipinski definition) is 4. The Morgan fingerprint density at radius 3 is 2.69 bits per heavy atom. The first-order chi connectivity index (χ1) is 15.5. The van der Waals surface area contributed by atoms with Crippen LogP contribution in [0.4, 0.5) is 4.39 Å². The van der Waals surface area contributed by atoms with Crippen LogP contribution in [0, 0.1) is 5.82 Å². The summed E-state index contributed by atoms with van der Waals surface area (Å²) in [5.41, 5.74) is 2.93. The molecule has 5 rings (SSSR count). The SMILES string of the molecule is O=C1/C(=C/c2cn(Cc3ccc(F)cc3)c3ccc(Br)cc23)SC(=S)N1Cc1ccco1. The molecule has 1 fully saturated rings. The number of hydrogen-bond donors (Lipinski definition) is 0. The van der Waals surface area contributed by atoms with Crippen molar-refractivity contribution in [3.63, 3.8) is 0 Å². The molecule has 0 N–H and O–H groups in total. The molecular formula is C24H16BrFN2O2S2. The molecule has 8 heteroatoms. The summed E-state index contributed by atoms with van der Waals surface area (Å²) < 4.78 is 22.2. The Bertz CT molecular complexity index is 1360. The maximum atomic E-state index is 13.3. The average molecular weight is 527 g/mol. The lowest BCUT2D eigenvalue weighted by molar-refractivity contribution is -0.122. The van der Waals surface area contributed by atoms with Gasteiger partial charge in [0, 0.05) is 33.7 Å². The molecule has 1 amide bonds. The third-order valence-electron chi connectivity index (χ3n) is 5.19. The third-order valence-corrected chi connectivity index (χ3v) is 7.07. The molecule has 32 heavy (non-hydrogen) atoms. The Kier molecular flexibility index (Phi) is 5.75. The van der Waals surface area contributed by atoms with E-state index in [0.29, 0.717) is 28.1 Å². The van der Waals surface area contributed by atoms with E-state index in [2.05, 4.69) is 20.5 Å². The van der Waals surface area contributed by atoms with Crippen LogP contribution in [0.2, 0.25) is 0 Å². The van der Waals surface area contributed by atoms with Crippen LogP contribution in [-0.2, 0) is 17.9 Å². The van der Waals surface area contributed by atoms with E-state index in [4.69, 9.17) is 16.6 Å². The van der Waals surface area contributed by atoms with E-state index >= 15 is 0 Å². The number of thioether (sulfide) groups is 1. The third kappa shape index (κ3) is 4.18. The Labute approximate surface area is 201 Å². The number of halogens is 2. The number of furan rings is 1. The molecule has 0 radical (unpaired) electrons. The number of rotatable bonds is 5. The lowest BCUT2D eigenvalue weighted by Crippen LogP contribution is -2.27. The number of amides is 1. The van der Waals surface area contributed by atoms with Gasteiger partial charge in [0.1, 0.15) is 15.9 Å². The van der Waals surface area contributed by atoms with E-state index in [1.165, 1.54) is 23.9 Å². The molecule has 1 aliphatic heterocycles. The van der Waals surface area contributed by atoms with Gasteiger partial charge in [-0.25, -0.2) is 4.39 Å². The molecule has 160 valence electrons. The zero-order chi connectivity index (χ0) is 22.2. The fourth-order valence-corrected chi connectivity index (χ4v) is 5.27. The fourth-order valence-electron chi connectivity index (χ4n) is 3.67. The smallest absolute Gasteiger partial charge is 0.266 e. The number of nitrogens with zero attached hydrogens (tertiary/aromatic N) is 2. The first kappa shape index (κ1) is 21.2. The number of carbonyl (C=O) groups is 1. The second-order valence-electron chi connectivity index (χ2n) is 7.35. The number of thiocarbonyl (C=S) groups is 1. The van der Waals surface area contributed by atoms with Gasteiger partial charge in [0.2, 0.25) is 0 Å². The van der Waals surface area contributed by atoms with Crippen LogP contribution in [0.1, 0.15) is 16.9 Å². The predicted octanol–water partition coefficient (Wildman–Crippen LogP) is 6.59. The quantitative estimate of drug-likeness (QED) is 0.217. The van der Waals surface area contributed by atoms with Gasteiger partial charge in [-0.15, -0.1) is 0 Å². The molecule has 0 atom stereocenters. The normalized spacial score (nSPS) is 15.4. The Morgan fingerprint density at radius 2 is 1.94 bits per heavy atom. The molecular weight excluding hydrogens is 511 g/mol. The van der Waals surface area contributed by atoms with Gasteiger partial charge in [-0.05, 0) is 54.1 Å². The summed E-state index contributed by atoms with van der Waals surface area (Å²) in [6.45, 7) is 0.901. The van der Waals surface area contributed by atoms with Gasteiger partial charge < -0.3 is 8.98 Å². The van der Waals surface area contributed by atoms with Crippen molar-refractivity contribution in [1.29, 1.82) is 0 Å². The average Bonchev–Trinajstić information content (AvgIpc) is 3.46. The van der Waals surface area contributed by atoms with Gasteiger partial charge in [-0.2, -0.15) is 0 Å². The zero-order valence-corrected chi connectivity index (χ0v) is 19.8. The highest BCUT2D eigenvalue weighted by molar-refractivity contribution is 9.10. The molecule has 1 aliphatic rings. The van der Waals surface area contributed by atoms with Crippen LogP contribution in [0.25, 0.3) is 17.0 Å². The topological polar surface area (TPSA) is 38.4 Å². The lowest BCUT2D eigenvalue weighted by Gasteiger charge is -2.11. The fraction of sp³-hybridized carbons (Fsp3) is 0.0833. The minimum atomic E-state index is -0.257. The van der Waals surface area contributed by atoms with Crippen molar-refractivity contribution in [2.75, 3.05) is 0 Å². The van der Waals surface area contributed by atoms with Gasteiger partial charge in [0.25, 0.3) is 5.91 Å². The highest BCUT2D eigenvalue weighted by Gasteiger charge is 2.32. The molecule has 4 nitrogen and oxygen atoms in total. The van der Waals surface area contributed by atoms with E-state index in [1.54, 1.807) is 29.4 Å². The number of aromatic nitrogens is 1. The lowest BCUT2D eigenvalue weighted by atomic mass is 10.1. The van der Waals surface area contributed by atoms with E-state index in [0.717, 1.165) is 26.5 Å². The second-order valence-corrected chi connectivity index (χ2v) is 9.94. The van der Waals surface area contributed by atoms with Crippen LogP contribution in [0.3, 0.4) is 0 Å². The minimum absolute atomic E-state index is 0.133. The van der Waals surface area contributed by atoms with Crippen molar-refractivity contribution in [3.05, 3.63) is 99.1 Å². The summed E-state index contributed by atoms with van der Waals surface area (Å²) in [5, 5.41) is 1.01. The molecule has 3 heterocycles. The predicted molar refractivity (Wildman–Crippen MR) is 133 cm³/mol. The van der Waals surface area contributed by atoms with E-state index in [1.807, 2.05) is 36.5 Å². The van der Waals surface area contributed by atoms with Crippen molar-refractivity contribution in [2.45, 2.75) is 13.1 Å². The summed E-state index contributed by atoms with van der Waals surface area (Å²) >= 11 is 10.3. The number of fused-ring (bicyclic) bond motifs is 1. The van der Waals surface area contributed by atoms with Crippen molar-refractivity contribution in [3.8, 4) is 0 Å². The van der Waals surface area contributed by atoms with Crippen LogP contribution in [0.5, 0.6) is 0 Å². The summed E-state index contributed by atoms with van der Waals surface area (Å²) in [5.74, 6) is 0.292. The van der Waals surface area contributed by atoms with Crippen molar-refractivity contribution in [2.24, 2.45) is 0 Å². The molecule has 1 saturated heterocycles. The van der Waals surface area contributed by atoms with Crippen LogP contribution < -0.4 is 0 Å².